The molecule has 4 atom stereocenters. The smallest absolute Gasteiger partial charge is 0.279 e. The molecule has 1 aromatic rings. The Kier molecular flexibility index (Phi) is 6.85. The zero-order chi connectivity index (χ0) is 19.2. The van der Waals surface area contributed by atoms with Crippen molar-refractivity contribution in [3.05, 3.63) is 35.4 Å². The van der Waals surface area contributed by atoms with E-state index < -0.39 is 6.04 Å². The third kappa shape index (κ3) is 5.08. The van der Waals surface area contributed by atoms with Crippen LogP contribution in [0.15, 0.2) is 24.3 Å². The molecule has 6 nitrogen and oxygen atoms in total. The first-order valence-electron chi connectivity index (χ1n) is 10.2. The molecule has 4 N–H and O–H groups in total. The summed E-state index contributed by atoms with van der Waals surface area (Å²) in [6, 6.07) is 7.56. The predicted octanol–water partition coefficient (Wildman–Crippen LogP) is 0.501. The summed E-state index contributed by atoms with van der Waals surface area (Å²) in [5.41, 5.74) is 2.51. The van der Waals surface area contributed by atoms with Crippen molar-refractivity contribution >= 4 is 11.8 Å². The van der Waals surface area contributed by atoms with E-state index in [0.717, 1.165) is 32.4 Å². The lowest BCUT2D eigenvalue weighted by molar-refractivity contribution is -0.695. The summed E-state index contributed by atoms with van der Waals surface area (Å²) in [5, 5.41) is 8.06. The molecule has 0 aromatic heterocycles. The molecule has 3 rings (SSSR count). The summed E-state index contributed by atoms with van der Waals surface area (Å²) >= 11 is 0. The largest absolute Gasteiger partial charge is 0.376 e. The molecule has 2 heterocycles. The Morgan fingerprint density at radius 3 is 2.78 bits per heavy atom. The molecule has 0 spiro atoms. The van der Waals surface area contributed by atoms with Crippen LogP contribution < -0.4 is 16.0 Å². The van der Waals surface area contributed by atoms with Gasteiger partial charge in [0.1, 0.15) is 12.6 Å². The molecular formula is C21H32N3O3+. The van der Waals surface area contributed by atoms with Crippen molar-refractivity contribution in [2.24, 2.45) is 5.92 Å². The van der Waals surface area contributed by atoms with Crippen molar-refractivity contribution in [3.8, 4) is 0 Å². The number of nitrogens with one attached hydrogen (secondary N) is 2. The van der Waals surface area contributed by atoms with E-state index in [1.54, 1.807) is 0 Å². The summed E-state index contributed by atoms with van der Waals surface area (Å²) in [7, 11) is 0. The maximum Gasteiger partial charge on any atom is 0.279 e. The molecule has 2 aliphatic rings. The Bertz CT molecular complexity index is 658. The quantitative estimate of drug-likeness (QED) is 0.650. The second kappa shape index (κ2) is 9.33. The van der Waals surface area contributed by atoms with Gasteiger partial charge in [0.15, 0.2) is 6.04 Å². The van der Waals surface area contributed by atoms with Gasteiger partial charge >= 0.3 is 0 Å². The highest BCUT2D eigenvalue weighted by molar-refractivity contribution is 5.89. The SMILES string of the molecule is CC[C@@H](C)[C@H](NC(=O)[C@@H]1Cc2ccccc2C[NH2+]1)C(=O)NC[C@@H]1CCCO1. The molecule has 0 saturated carbocycles. The molecule has 1 fully saturated rings. The maximum absolute atomic E-state index is 12.9. The molecule has 0 aliphatic carbocycles. The van der Waals surface area contributed by atoms with E-state index in [9.17, 15) is 9.59 Å². The van der Waals surface area contributed by atoms with Crippen LogP contribution in [0.4, 0.5) is 0 Å². The number of ether oxygens (including phenoxy) is 1. The van der Waals surface area contributed by atoms with Crippen molar-refractivity contribution < 1.29 is 19.6 Å². The number of benzene rings is 1. The minimum atomic E-state index is -0.505. The Morgan fingerprint density at radius 1 is 1.30 bits per heavy atom. The van der Waals surface area contributed by atoms with E-state index in [4.69, 9.17) is 4.74 Å². The number of hydrogen-bond donors (Lipinski definition) is 3. The van der Waals surface area contributed by atoms with Crippen molar-refractivity contribution in [3.63, 3.8) is 0 Å². The monoisotopic (exact) mass is 374 g/mol. The van der Waals surface area contributed by atoms with Gasteiger partial charge in [0.25, 0.3) is 5.91 Å². The average molecular weight is 375 g/mol. The first kappa shape index (κ1) is 19.8. The highest BCUT2D eigenvalue weighted by Gasteiger charge is 2.33. The minimum absolute atomic E-state index is 0.0536. The molecule has 1 saturated heterocycles. The van der Waals surface area contributed by atoms with Crippen LogP contribution >= 0.6 is 0 Å². The zero-order valence-corrected chi connectivity index (χ0v) is 16.4. The highest BCUT2D eigenvalue weighted by Crippen LogP contribution is 2.14. The van der Waals surface area contributed by atoms with Crippen molar-refractivity contribution in [2.75, 3.05) is 13.2 Å². The standard InChI is InChI=1S/C21H31N3O3/c1-3-14(2)19(21(26)23-13-17-9-6-10-27-17)24-20(25)18-11-15-7-4-5-8-16(15)12-22-18/h4-5,7-8,14,17-19,22H,3,6,9-13H2,1-2H3,(H,23,26)(H,24,25)/p+1/t14-,17+,18+,19+/m1/s1. The molecule has 6 heteroatoms. The number of hydrogen-bond acceptors (Lipinski definition) is 3. The van der Waals surface area contributed by atoms with Crippen LogP contribution in [0.2, 0.25) is 0 Å². The fraction of sp³-hybridized carbons (Fsp3) is 0.619. The third-order valence-corrected chi connectivity index (χ3v) is 5.84. The normalized spacial score (nSPS) is 23.9. The lowest BCUT2D eigenvalue weighted by Crippen LogP contribution is -2.93. The van der Waals surface area contributed by atoms with Crippen LogP contribution in [-0.2, 0) is 27.3 Å². The summed E-state index contributed by atoms with van der Waals surface area (Å²) < 4.78 is 5.57. The number of fused-ring (bicyclic) bond motifs is 1. The fourth-order valence-electron chi connectivity index (χ4n) is 3.84. The van der Waals surface area contributed by atoms with E-state index in [-0.39, 0.29) is 29.9 Å². The molecule has 0 radical (unpaired) electrons. The summed E-state index contributed by atoms with van der Waals surface area (Å²) in [4.78, 5) is 25.6. The van der Waals surface area contributed by atoms with Gasteiger partial charge < -0.3 is 20.7 Å². The zero-order valence-electron chi connectivity index (χ0n) is 16.4. The van der Waals surface area contributed by atoms with E-state index in [1.165, 1.54) is 11.1 Å². The molecule has 0 bridgehead atoms. The van der Waals surface area contributed by atoms with Crippen LogP contribution in [0.5, 0.6) is 0 Å². The minimum Gasteiger partial charge on any atom is -0.376 e. The Labute approximate surface area is 161 Å². The van der Waals surface area contributed by atoms with E-state index in [0.29, 0.717) is 13.0 Å². The van der Waals surface area contributed by atoms with Gasteiger partial charge in [-0.2, -0.15) is 0 Å². The van der Waals surface area contributed by atoms with Crippen molar-refractivity contribution in [1.29, 1.82) is 0 Å². The Balaban J connectivity index is 1.58. The van der Waals surface area contributed by atoms with Gasteiger partial charge in [-0.1, -0.05) is 44.5 Å². The van der Waals surface area contributed by atoms with E-state index in [2.05, 4.69) is 28.1 Å². The third-order valence-electron chi connectivity index (χ3n) is 5.84. The second-order valence-electron chi connectivity index (χ2n) is 7.77. The maximum atomic E-state index is 12.9. The summed E-state index contributed by atoms with van der Waals surface area (Å²) in [6.07, 6.45) is 3.66. The Hall–Kier alpha value is -1.92. The van der Waals surface area contributed by atoms with Crippen molar-refractivity contribution in [1.82, 2.24) is 10.6 Å². The van der Waals surface area contributed by atoms with Gasteiger partial charge in [-0.05, 0) is 24.3 Å². The molecule has 27 heavy (non-hydrogen) atoms. The van der Waals surface area contributed by atoms with Gasteiger partial charge in [0.2, 0.25) is 5.91 Å². The molecular weight excluding hydrogens is 342 g/mol. The number of rotatable bonds is 7. The van der Waals surface area contributed by atoms with Crippen LogP contribution in [0.3, 0.4) is 0 Å². The second-order valence-corrected chi connectivity index (χ2v) is 7.77. The number of amides is 2. The topological polar surface area (TPSA) is 84.0 Å². The fourth-order valence-corrected chi connectivity index (χ4v) is 3.84. The Morgan fingerprint density at radius 2 is 2.07 bits per heavy atom. The number of carbonyl (C=O) groups is 2. The number of nitrogens with two attached hydrogens (primary N) is 1. The van der Waals surface area contributed by atoms with Gasteiger partial charge in [0, 0.05) is 25.1 Å². The molecule has 0 unspecified atom stereocenters. The van der Waals surface area contributed by atoms with Crippen molar-refractivity contribution in [2.45, 2.75) is 64.3 Å². The number of quaternary nitrogens is 1. The van der Waals surface area contributed by atoms with E-state index in [1.807, 2.05) is 26.0 Å². The van der Waals surface area contributed by atoms with Gasteiger partial charge in [-0.3, -0.25) is 9.59 Å². The summed E-state index contributed by atoms with van der Waals surface area (Å²) in [5.74, 6) is -0.0826. The van der Waals surface area contributed by atoms with Gasteiger partial charge in [-0.15, -0.1) is 0 Å². The molecule has 2 aliphatic heterocycles. The first-order valence-corrected chi connectivity index (χ1v) is 10.2. The highest BCUT2D eigenvalue weighted by atomic mass is 16.5. The van der Waals surface area contributed by atoms with Crippen LogP contribution in [0, 0.1) is 5.92 Å². The molecule has 1 aromatic carbocycles. The van der Waals surface area contributed by atoms with Gasteiger partial charge in [-0.25, -0.2) is 0 Å². The van der Waals surface area contributed by atoms with Crippen LogP contribution in [-0.4, -0.2) is 43.2 Å². The lowest BCUT2D eigenvalue weighted by Gasteiger charge is -2.27. The lowest BCUT2D eigenvalue weighted by atomic mass is 9.94. The molecule has 2 amide bonds. The molecule has 148 valence electrons. The van der Waals surface area contributed by atoms with Crippen LogP contribution in [0.25, 0.3) is 0 Å². The summed E-state index contributed by atoms with van der Waals surface area (Å²) in [6.45, 7) is 6.14. The number of carbonyl (C=O) groups excluding carboxylic acids is 2. The first-order chi connectivity index (χ1) is 13.1. The van der Waals surface area contributed by atoms with Gasteiger partial charge in [0.05, 0.1) is 6.10 Å². The average Bonchev–Trinajstić information content (AvgIpc) is 3.22. The van der Waals surface area contributed by atoms with E-state index >= 15 is 0 Å². The van der Waals surface area contributed by atoms with Crippen LogP contribution in [0.1, 0.15) is 44.2 Å². The predicted molar refractivity (Wildman–Crippen MR) is 103 cm³/mol.